The number of nitrogens with zero attached hydrogens (tertiary/aromatic N) is 5. The molecular weight excluding hydrogens is 593 g/mol. The fourth-order valence-corrected chi connectivity index (χ4v) is 4.98. The summed E-state index contributed by atoms with van der Waals surface area (Å²) in [5.74, 6) is -0.280. The molecule has 1 unspecified atom stereocenters. The van der Waals surface area contributed by atoms with Crippen molar-refractivity contribution in [3.05, 3.63) is 89.6 Å². The summed E-state index contributed by atoms with van der Waals surface area (Å²) >= 11 is 3.85. The number of halogens is 6. The summed E-state index contributed by atoms with van der Waals surface area (Å²) in [7, 11) is 0. The van der Waals surface area contributed by atoms with E-state index in [0.717, 1.165) is 12.1 Å². The fraction of sp³-hybridized carbons (Fsp3) is 0.115. The zero-order valence-corrected chi connectivity index (χ0v) is 22.2. The number of benzene rings is 3. The van der Waals surface area contributed by atoms with Gasteiger partial charge in [0.15, 0.2) is 0 Å². The van der Waals surface area contributed by atoms with Crippen molar-refractivity contribution in [3.8, 4) is 39.5 Å². The highest BCUT2D eigenvalue weighted by molar-refractivity contribution is 7.79. The Balaban J connectivity index is 1.69. The Morgan fingerprint density at radius 1 is 0.976 bits per heavy atom. The van der Waals surface area contributed by atoms with Gasteiger partial charge in [-0.1, -0.05) is 35.0 Å². The molecule has 0 bridgehead atoms. The maximum absolute atomic E-state index is 13.6. The van der Waals surface area contributed by atoms with E-state index in [0.29, 0.717) is 22.4 Å². The number of aromatic nitrogens is 5. The third kappa shape index (κ3) is 5.85. The molecule has 0 aliphatic heterocycles. The van der Waals surface area contributed by atoms with Crippen molar-refractivity contribution in [1.82, 2.24) is 24.5 Å². The Morgan fingerprint density at radius 2 is 1.66 bits per heavy atom. The maximum Gasteiger partial charge on any atom is 0.573 e. The van der Waals surface area contributed by atoms with Crippen LogP contribution >= 0.6 is 11.6 Å². The smallest absolute Gasteiger partial charge is 0.573 e. The highest BCUT2D eigenvalue weighted by Gasteiger charge is 2.31. The molecule has 0 amide bonds. The van der Waals surface area contributed by atoms with Gasteiger partial charge >= 0.3 is 6.36 Å². The van der Waals surface area contributed by atoms with E-state index in [-0.39, 0.29) is 27.2 Å². The molecule has 0 saturated heterocycles. The first kappa shape index (κ1) is 28.4. The van der Waals surface area contributed by atoms with Crippen molar-refractivity contribution < 1.29 is 35.5 Å². The molecule has 8 nitrogen and oxygen atoms in total. The summed E-state index contributed by atoms with van der Waals surface area (Å²) in [5.41, 5.74) is 1.74. The molecule has 0 saturated carbocycles. The Bertz CT molecular complexity index is 1760. The van der Waals surface area contributed by atoms with Gasteiger partial charge in [0.2, 0.25) is 0 Å². The molecule has 0 N–H and O–H groups in total. The Kier molecular flexibility index (Phi) is 7.64. The molecule has 41 heavy (non-hydrogen) atoms. The number of imidazole rings is 1. The zero-order chi connectivity index (χ0) is 29.5. The minimum Gasteiger partial charge on any atom is -0.768 e. The molecule has 0 fully saturated rings. The minimum atomic E-state index is -4.87. The largest absolute Gasteiger partial charge is 0.768 e. The van der Waals surface area contributed by atoms with E-state index >= 15 is 0 Å². The molecule has 5 aromatic rings. The van der Waals surface area contributed by atoms with E-state index in [4.69, 9.17) is 11.6 Å². The number of aryl methyl sites for hydroxylation is 1. The molecule has 15 heteroatoms. The molecule has 5 rings (SSSR count). The van der Waals surface area contributed by atoms with E-state index in [1.807, 2.05) is 0 Å². The lowest BCUT2D eigenvalue weighted by molar-refractivity contribution is -0.274. The van der Waals surface area contributed by atoms with Gasteiger partial charge in [0.25, 0.3) is 6.43 Å². The van der Waals surface area contributed by atoms with Crippen LogP contribution in [0, 0.1) is 6.92 Å². The molecule has 212 valence electrons. The molecule has 2 heterocycles. The highest BCUT2D eigenvalue weighted by Crippen LogP contribution is 2.36. The average Bonchev–Trinajstić information content (AvgIpc) is 3.52. The van der Waals surface area contributed by atoms with E-state index in [1.54, 1.807) is 30.3 Å². The first-order valence-electron chi connectivity index (χ1n) is 11.6. The van der Waals surface area contributed by atoms with Crippen LogP contribution < -0.4 is 4.74 Å². The number of hydrogen-bond donors (Lipinski definition) is 0. The second-order valence-corrected chi connectivity index (χ2v) is 9.84. The fourth-order valence-electron chi connectivity index (χ4n) is 4.22. The maximum atomic E-state index is 13.6. The number of alkyl halides is 5. The van der Waals surface area contributed by atoms with Crippen LogP contribution in [0.25, 0.3) is 33.8 Å². The molecular formula is C26H16ClF5N5O3S-. The lowest BCUT2D eigenvalue weighted by Gasteiger charge is -2.17. The van der Waals surface area contributed by atoms with Crippen molar-refractivity contribution in [2.75, 3.05) is 0 Å². The van der Waals surface area contributed by atoms with Crippen LogP contribution in [0.5, 0.6) is 5.75 Å². The predicted molar refractivity (Wildman–Crippen MR) is 138 cm³/mol. The average molecular weight is 609 g/mol. The lowest BCUT2D eigenvalue weighted by atomic mass is 10.0. The standard InChI is InChI=1S/C26H17ClF5N5O3S/c1-14-34-23(25(28)29)24(27)36(14)20-10-7-17(16-3-2-4-19(11-16)41(38)39)12-21(20)37-22(13-33-35-37)15-5-8-18(9-6-15)40-26(30,31)32/h2-13,25H,1H3,(H,38,39)/p-1. The number of rotatable bonds is 7. The van der Waals surface area contributed by atoms with Crippen molar-refractivity contribution in [3.63, 3.8) is 0 Å². The summed E-state index contributed by atoms with van der Waals surface area (Å²) in [6.07, 6.45) is -6.44. The summed E-state index contributed by atoms with van der Waals surface area (Å²) in [6.45, 7) is 1.49. The molecule has 0 spiro atoms. The predicted octanol–water partition coefficient (Wildman–Crippen LogP) is 6.82. The van der Waals surface area contributed by atoms with Crippen LogP contribution in [0.1, 0.15) is 17.9 Å². The lowest BCUT2D eigenvalue weighted by Crippen LogP contribution is -2.16. The van der Waals surface area contributed by atoms with Gasteiger partial charge in [-0.2, -0.15) is 0 Å². The Morgan fingerprint density at radius 3 is 2.29 bits per heavy atom. The number of ether oxygens (including phenoxy) is 1. The van der Waals surface area contributed by atoms with Crippen LogP contribution in [0.3, 0.4) is 0 Å². The summed E-state index contributed by atoms with van der Waals surface area (Å²) in [4.78, 5) is 3.95. The van der Waals surface area contributed by atoms with Gasteiger partial charge in [0, 0.05) is 10.5 Å². The SMILES string of the molecule is Cc1nc(C(F)F)c(Cl)n1-c1ccc(-c2cccc(S(=O)[O-])c2)cc1-n1nncc1-c1ccc(OC(F)(F)F)cc1. The normalized spacial score (nSPS) is 12.6. The van der Waals surface area contributed by atoms with Gasteiger partial charge in [-0.05, 0) is 77.7 Å². The molecule has 2 aromatic heterocycles. The minimum absolute atomic E-state index is 0.0470. The van der Waals surface area contributed by atoms with E-state index in [9.17, 15) is 30.7 Å². The van der Waals surface area contributed by atoms with Gasteiger partial charge in [-0.3, -0.25) is 8.78 Å². The monoisotopic (exact) mass is 608 g/mol. The van der Waals surface area contributed by atoms with E-state index in [2.05, 4.69) is 20.0 Å². The van der Waals surface area contributed by atoms with Gasteiger partial charge in [0.1, 0.15) is 22.4 Å². The third-order valence-corrected chi connectivity index (χ3v) is 6.96. The van der Waals surface area contributed by atoms with Crippen molar-refractivity contribution in [2.24, 2.45) is 0 Å². The van der Waals surface area contributed by atoms with Gasteiger partial charge in [-0.15, -0.1) is 18.3 Å². The summed E-state index contributed by atoms with van der Waals surface area (Å²) in [6, 6.07) is 15.9. The first-order valence-corrected chi connectivity index (χ1v) is 13.0. The second kappa shape index (κ2) is 11.0. The van der Waals surface area contributed by atoms with Crippen LogP contribution in [0.15, 0.2) is 77.8 Å². The van der Waals surface area contributed by atoms with Crippen molar-refractivity contribution >= 4 is 22.7 Å². The van der Waals surface area contributed by atoms with Crippen LogP contribution in [-0.2, 0) is 11.1 Å². The van der Waals surface area contributed by atoms with Crippen molar-refractivity contribution in [1.29, 1.82) is 0 Å². The van der Waals surface area contributed by atoms with Gasteiger partial charge in [0.05, 0.1) is 23.3 Å². The number of hydrogen-bond acceptors (Lipinski definition) is 6. The Labute approximate surface area is 236 Å². The van der Waals surface area contributed by atoms with E-state index < -0.39 is 35.3 Å². The molecule has 1 atom stereocenters. The van der Waals surface area contributed by atoms with Gasteiger partial charge < -0.3 is 9.29 Å². The zero-order valence-electron chi connectivity index (χ0n) is 20.6. The topological polar surface area (TPSA) is 97.9 Å². The van der Waals surface area contributed by atoms with Crippen molar-refractivity contribution in [2.45, 2.75) is 24.6 Å². The Hall–Kier alpha value is -4.14. The molecule has 0 aliphatic carbocycles. The molecule has 0 radical (unpaired) electrons. The van der Waals surface area contributed by atoms with Crippen LogP contribution in [-0.4, -0.2) is 39.7 Å². The third-order valence-electron chi connectivity index (χ3n) is 5.96. The second-order valence-electron chi connectivity index (χ2n) is 8.54. The van der Waals surface area contributed by atoms with Crippen LogP contribution in [0.2, 0.25) is 5.15 Å². The quantitative estimate of drug-likeness (QED) is 0.148. The first-order chi connectivity index (χ1) is 19.4. The van der Waals surface area contributed by atoms with Gasteiger partial charge in [-0.25, -0.2) is 18.4 Å². The highest BCUT2D eigenvalue weighted by atomic mass is 35.5. The summed E-state index contributed by atoms with van der Waals surface area (Å²) in [5, 5.41) is 7.77. The van der Waals surface area contributed by atoms with Crippen LogP contribution in [0.4, 0.5) is 22.0 Å². The molecule has 0 aliphatic rings. The molecule has 3 aromatic carbocycles. The summed E-state index contributed by atoms with van der Waals surface area (Å²) < 4.78 is 94.7. The van der Waals surface area contributed by atoms with E-state index in [1.165, 1.54) is 46.6 Å².